The van der Waals surface area contributed by atoms with Crippen LogP contribution in [0.4, 0.5) is 0 Å². The summed E-state index contributed by atoms with van der Waals surface area (Å²) < 4.78 is 0. The molecule has 2 rings (SSSR count). The van der Waals surface area contributed by atoms with E-state index in [1.54, 1.807) is 0 Å². The molecule has 2 heterocycles. The van der Waals surface area contributed by atoms with E-state index < -0.39 is 0 Å². The zero-order valence-corrected chi connectivity index (χ0v) is 16.9. The van der Waals surface area contributed by atoms with E-state index in [9.17, 15) is 0 Å². The first-order chi connectivity index (χ1) is 10.6. The van der Waals surface area contributed by atoms with Gasteiger partial charge in [-0.15, -0.1) is 0 Å². The molecular formula is C20H41N3. The first-order valence-electron chi connectivity index (χ1n) is 9.81. The summed E-state index contributed by atoms with van der Waals surface area (Å²) >= 11 is 0. The third kappa shape index (κ3) is 5.44. The molecule has 0 bridgehead atoms. The summed E-state index contributed by atoms with van der Waals surface area (Å²) in [6.07, 6.45) is 4.08. The molecule has 2 aliphatic heterocycles. The van der Waals surface area contributed by atoms with Crippen molar-refractivity contribution in [2.24, 2.45) is 5.92 Å². The van der Waals surface area contributed by atoms with Crippen LogP contribution in [0.15, 0.2) is 0 Å². The Bertz CT molecular complexity index is 358. The number of hydrogen-bond donors (Lipinski definition) is 0. The number of nitrogens with zero attached hydrogens (tertiary/aromatic N) is 3. The summed E-state index contributed by atoms with van der Waals surface area (Å²) in [7, 11) is 0. The van der Waals surface area contributed by atoms with E-state index in [0.29, 0.717) is 17.1 Å². The smallest absolute Gasteiger partial charge is 0.0195 e. The average molecular weight is 324 g/mol. The third-order valence-electron chi connectivity index (χ3n) is 5.99. The van der Waals surface area contributed by atoms with Gasteiger partial charge in [-0.05, 0) is 99.8 Å². The maximum Gasteiger partial charge on any atom is 0.0195 e. The van der Waals surface area contributed by atoms with E-state index in [1.807, 2.05) is 0 Å². The van der Waals surface area contributed by atoms with Gasteiger partial charge in [-0.3, -0.25) is 14.7 Å². The van der Waals surface area contributed by atoms with Crippen LogP contribution in [0, 0.1) is 5.92 Å². The van der Waals surface area contributed by atoms with Gasteiger partial charge in [-0.25, -0.2) is 0 Å². The average Bonchev–Trinajstić information content (AvgIpc) is 2.61. The highest BCUT2D eigenvalue weighted by Gasteiger charge is 2.31. The van der Waals surface area contributed by atoms with Crippen molar-refractivity contribution in [1.82, 2.24) is 14.7 Å². The van der Waals surface area contributed by atoms with Crippen LogP contribution in [0.25, 0.3) is 0 Å². The highest BCUT2D eigenvalue weighted by Crippen LogP contribution is 2.26. The number of rotatable bonds is 2. The summed E-state index contributed by atoms with van der Waals surface area (Å²) in [5.41, 5.74) is 0.649. The second kappa shape index (κ2) is 7.41. The quantitative estimate of drug-likeness (QED) is 0.767. The molecule has 136 valence electrons. The van der Waals surface area contributed by atoms with E-state index >= 15 is 0 Å². The SMILES string of the molecule is CC1CN(C(C)(C)C)CCCN1CC1CCN(C(C)(C)C)CC1. The highest BCUT2D eigenvalue weighted by atomic mass is 15.3. The van der Waals surface area contributed by atoms with Gasteiger partial charge in [0.05, 0.1) is 0 Å². The molecule has 1 unspecified atom stereocenters. The largest absolute Gasteiger partial charge is 0.299 e. The van der Waals surface area contributed by atoms with Crippen molar-refractivity contribution in [3.05, 3.63) is 0 Å². The molecular weight excluding hydrogens is 282 g/mol. The Kier molecular flexibility index (Phi) is 6.19. The predicted molar refractivity (Wildman–Crippen MR) is 101 cm³/mol. The van der Waals surface area contributed by atoms with Gasteiger partial charge in [0.25, 0.3) is 0 Å². The molecule has 0 saturated carbocycles. The molecule has 2 aliphatic rings. The number of piperidine rings is 1. The van der Waals surface area contributed by atoms with Crippen molar-refractivity contribution >= 4 is 0 Å². The highest BCUT2D eigenvalue weighted by molar-refractivity contribution is 4.87. The molecule has 0 aromatic carbocycles. The summed E-state index contributed by atoms with van der Waals surface area (Å²) in [4.78, 5) is 8.12. The fraction of sp³-hybridized carbons (Fsp3) is 1.00. The zero-order chi connectivity index (χ0) is 17.3. The molecule has 2 fully saturated rings. The Balaban J connectivity index is 1.84. The molecule has 2 saturated heterocycles. The van der Waals surface area contributed by atoms with Gasteiger partial charge in [-0.1, -0.05) is 0 Å². The van der Waals surface area contributed by atoms with Gasteiger partial charge in [-0.2, -0.15) is 0 Å². The predicted octanol–water partition coefficient (Wildman–Crippen LogP) is 3.69. The van der Waals surface area contributed by atoms with Crippen molar-refractivity contribution in [1.29, 1.82) is 0 Å². The molecule has 0 amide bonds. The van der Waals surface area contributed by atoms with Crippen LogP contribution >= 0.6 is 0 Å². The Labute approximate surface area is 145 Å². The minimum Gasteiger partial charge on any atom is -0.299 e. The van der Waals surface area contributed by atoms with Gasteiger partial charge in [0.2, 0.25) is 0 Å². The molecule has 0 aromatic rings. The van der Waals surface area contributed by atoms with Crippen LogP contribution < -0.4 is 0 Å². The lowest BCUT2D eigenvalue weighted by atomic mass is 9.92. The Morgan fingerprint density at radius 2 is 1.35 bits per heavy atom. The van der Waals surface area contributed by atoms with Crippen molar-refractivity contribution in [3.8, 4) is 0 Å². The molecule has 0 aliphatic carbocycles. The molecule has 0 spiro atoms. The third-order valence-corrected chi connectivity index (χ3v) is 5.99. The Morgan fingerprint density at radius 3 is 1.87 bits per heavy atom. The standard InChI is InChI=1S/C20H41N3/c1-17-15-23(20(5,6)7)12-8-11-21(17)16-18-9-13-22(14-10-18)19(2,3)4/h17-18H,8-16H2,1-7H3. The first kappa shape index (κ1) is 19.2. The monoisotopic (exact) mass is 323 g/mol. The summed E-state index contributed by atoms with van der Waals surface area (Å²) in [6, 6.07) is 0.692. The minimum atomic E-state index is 0.308. The van der Waals surface area contributed by atoms with Crippen LogP contribution in [0.1, 0.15) is 67.7 Å². The van der Waals surface area contributed by atoms with Gasteiger partial charge in [0, 0.05) is 30.2 Å². The van der Waals surface area contributed by atoms with Crippen molar-refractivity contribution in [2.75, 3.05) is 39.3 Å². The van der Waals surface area contributed by atoms with Crippen LogP contribution in [0.3, 0.4) is 0 Å². The molecule has 1 atom stereocenters. The Hall–Kier alpha value is -0.120. The van der Waals surface area contributed by atoms with Gasteiger partial charge in [0.15, 0.2) is 0 Å². The van der Waals surface area contributed by atoms with Crippen molar-refractivity contribution in [3.63, 3.8) is 0 Å². The minimum absolute atomic E-state index is 0.308. The normalized spacial score (nSPS) is 28.0. The van der Waals surface area contributed by atoms with Crippen LogP contribution in [-0.4, -0.2) is 71.1 Å². The van der Waals surface area contributed by atoms with Gasteiger partial charge in [0.1, 0.15) is 0 Å². The summed E-state index contributed by atoms with van der Waals surface area (Å²) in [6.45, 7) is 24.2. The van der Waals surface area contributed by atoms with E-state index in [-0.39, 0.29) is 0 Å². The topological polar surface area (TPSA) is 9.72 Å². The van der Waals surface area contributed by atoms with Crippen LogP contribution in [0.5, 0.6) is 0 Å². The molecule has 0 aromatic heterocycles. The molecule has 0 radical (unpaired) electrons. The van der Waals surface area contributed by atoms with Crippen molar-refractivity contribution in [2.45, 2.75) is 84.8 Å². The lowest BCUT2D eigenvalue weighted by Crippen LogP contribution is -2.49. The van der Waals surface area contributed by atoms with Crippen LogP contribution in [-0.2, 0) is 0 Å². The maximum atomic E-state index is 2.78. The Morgan fingerprint density at radius 1 is 0.783 bits per heavy atom. The maximum absolute atomic E-state index is 2.78. The fourth-order valence-electron chi connectivity index (χ4n) is 4.21. The lowest BCUT2D eigenvalue weighted by molar-refractivity contribution is 0.0644. The van der Waals surface area contributed by atoms with Crippen molar-refractivity contribution < 1.29 is 0 Å². The molecule has 23 heavy (non-hydrogen) atoms. The summed E-state index contributed by atoms with van der Waals surface area (Å²) in [5, 5.41) is 0. The number of likely N-dealkylation sites (tertiary alicyclic amines) is 1. The lowest BCUT2D eigenvalue weighted by Gasteiger charge is -2.42. The van der Waals surface area contributed by atoms with Crippen LogP contribution in [0.2, 0.25) is 0 Å². The number of hydrogen-bond acceptors (Lipinski definition) is 3. The van der Waals surface area contributed by atoms with Gasteiger partial charge < -0.3 is 0 Å². The van der Waals surface area contributed by atoms with Gasteiger partial charge >= 0.3 is 0 Å². The van der Waals surface area contributed by atoms with E-state index in [1.165, 1.54) is 58.5 Å². The second-order valence-electron chi connectivity index (χ2n) is 9.92. The fourth-order valence-corrected chi connectivity index (χ4v) is 4.21. The van der Waals surface area contributed by atoms with E-state index in [4.69, 9.17) is 0 Å². The first-order valence-corrected chi connectivity index (χ1v) is 9.81. The van der Waals surface area contributed by atoms with E-state index in [0.717, 1.165) is 5.92 Å². The molecule has 0 N–H and O–H groups in total. The zero-order valence-electron chi connectivity index (χ0n) is 16.9. The summed E-state index contributed by atoms with van der Waals surface area (Å²) in [5.74, 6) is 0.900. The second-order valence-corrected chi connectivity index (χ2v) is 9.92. The molecule has 3 nitrogen and oxygen atoms in total. The molecule has 3 heteroatoms. The van der Waals surface area contributed by atoms with E-state index in [2.05, 4.69) is 63.2 Å².